The molecule has 2 atom stereocenters. The minimum Gasteiger partial charge on any atom is -0.368 e. The number of ether oxygens (including phenoxy) is 1. The van der Waals surface area contributed by atoms with Gasteiger partial charge in [0.25, 0.3) is 0 Å². The fourth-order valence-corrected chi connectivity index (χ4v) is 2.05. The van der Waals surface area contributed by atoms with Gasteiger partial charge in [-0.3, -0.25) is 0 Å². The molecular formula is C12H16O2. The van der Waals surface area contributed by atoms with Crippen molar-refractivity contribution in [1.29, 1.82) is 0 Å². The van der Waals surface area contributed by atoms with E-state index in [0.29, 0.717) is 6.61 Å². The first-order valence-corrected chi connectivity index (χ1v) is 5.02. The summed E-state index contributed by atoms with van der Waals surface area (Å²) in [5, 5.41) is 9.32. The lowest BCUT2D eigenvalue weighted by Crippen LogP contribution is -2.19. The van der Waals surface area contributed by atoms with Crippen molar-refractivity contribution in [3.63, 3.8) is 0 Å². The zero-order valence-corrected chi connectivity index (χ0v) is 8.44. The first-order chi connectivity index (χ1) is 6.68. The second-order valence-corrected chi connectivity index (χ2v) is 4.44. The standard InChI is InChI=1S/C12H16O2/c1-12(8-11(13)14-9-12)7-10-5-3-2-4-6-10/h2-6,11,13H,7-9H2,1H3/t11-,12?/m0/s1. The second kappa shape index (κ2) is 3.71. The van der Waals surface area contributed by atoms with Gasteiger partial charge >= 0.3 is 0 Å². The summed E-state index contributed by atoms with van der Waals surface area (Å²) >= 11 is 0. The van der Waals surface area contributed by atoms with Gasteiger partial charge in [0, 0.05) is 6.42 Å². The lowest BCUT2D eigenvalue weighted by Gasteiger charge is -2.21. The minimum absolute atomic E-state index is 0.0980. The smallest absolute Gasteiger partial charge is 0.155 e. The van der Waals surface area contributed by atoms with Crippen LogP contribution in [0.4, 0.5) is 0 Å². The van der Waals surface area contributed by atoms with Crippen LogP contribution in [0.15, 0.2) is 30.3 Å². The van der Waals surface area contributed by atoms with Crippen molar-refractivity contribution in [2.45, 2.75) is 26.1 Å². The third-order valence-electron chi connectivity index (χ3n) is 2.77. The van der Waals surface area contributed by atoms with Crippen molar-refractivity contribution < 1.29 is 9.84 Å². The quantitative estimate of drug-likeness (QED) is 0.776. The zero-order valence-electron chi connectivity index (χ0n) is 8.44. The molecule has 1 aliphatic rings. The molecular weight excluding hydrogens is 176 g/mol. The fourth-order valence-electron chi connectivity index (χ4n) is 2.05. The SMILES string of the molecule is CC1(Cc2ccccc2)CO[C@H](O)C1. The Morgan fingerprint density at radius 2 is 2.14 bits per heavy atom. The number of benzene rings is 1. The number of aliphatic hydroxyl groups excluding tert-OH is 1. The van der Waals surface area contributed by atoms with Crippen LogP contribution in [-0.2, 0) is 11.2 Å². The first kappa shape index (κ1) is 9.69. The maximum absolute atomic E-state index is 9.32. The molecule has 0 spiro atoms. The highest BCUT2D eigenvalue weighted by Crippen LogP contribution is 2.34. The Morgan fingerprint density at radius 1 is 1.43 bits per heavy atom. The Hall–Kier alpha value is -0.860. The molecule has 0 bridgehead atoms. The topological polar surface area (TPSA) is 29.5 Å². The molecule has 0 radical (unpaired) electrons. The average molecular weight is 192 g/mol. The van der Waals surface area contributed by atoms with Crippen molar-refractivity contribution in [3.8, 4) is 0 Å². The van der Waals surface area contributed by atoms with E-state index in [4.69, 9.17) is 4.74 Å². The fraction of sp³-hybridized carbons (Fsp3) is 0.500. The van der Waals surface area contributed by atoms with Gasteiger partial charge in [0.2, 0.25) is 0 Å². The Labute approximate surface area is 84.5 Å². The molecule has 2 rings (SSSR count). The van der Waals surface area contributed by atoms with Gasteiger partial charge in [-0.15, -0.1) is 0 Å². The predicted molar refractivity (Wildman–Crippen MR) is 54.8 cm³/mol. The monoisotopic (exact) mass is 192 g/mol. The lowest BCUT2D eigenvalue weighted by molar-refractivity contribution is -0.0595. The summed E-state index contributed by atoms with van der Waals surface area (Å²) in [5.41, 5.74) is 1.41. The van der Waals surface area contributed by atoms with E-state index in [1.807, 2.05) is 18.2 Å². The molecule has 1 aliphatic heterocycles. The molecule has 2 heteroatoms. The van der Waals surface area contributed by atoms with E-state index in [1.54, 1.807) is 0 Å². The van der Waals surface area contributed by atoms with Crippen LogP contribution >= 0.6 is 0 Å². The van der Waals surface area contributed by atoms with Crippen LogP contribution in [0.2, 0.25) is 0 Å². The summed E-state index contributed by atoms with van der Waals surface area (Å²) in [4.78, 5) is 0. The normalized spacial score (nSPS) is 32.0. The summed E-state index contributed by atoms with van der Waals surface area (Å²) in [6.45, 7) is 2.82. The van der Waals surface area contributed by atoms with Crippen molar-refractivity contribution >= 4 is 0 Å². The summed E-state index contributed by atoms with van der Waals surface area (Å²) in [5.74, 6) is 0. The minimum atomic E-state index is -0.566. The zero-order chi connectivity index (χ0) is 10.0. The Bertz CT molecular complexity index is 296. The lowest BCUT2D eigenvalue weighted by atomic mass is 9.83. The molecule has 2 nitrogen and oxygen atoms in total. The van der Waals surface area contributed by atoms with E-state index >= 15 is 0 Å². The van der Waals surface area contributed by atoms with Gasteiger partial charge in [-0.2, -0.15) is 0 Å². The van der Waals surface area contributed by atoms with Gasteiger partial charge in [0.05, 0.1) is 6.61 Å². The molecule has 0 aliphatic carbocycles. The number of rotatable bonds is 2. The van der Waals surface area contributed by atoms with Crippen LogP contribution in [0.25, 0.3) is 0 Å². The van der Waals surface area contributed by atoms with Gasteiger partial charge in [0.1, 0.15) is 0 Å². The van der Waals surface area contributed by atoms with Crippen LogP contribution in [0.1, 0.15) is 18.9 Å². The summed E-state index contributed by atoms with van der Waals surface area (Å²) in [6, 6.07) is 10.4. The van der Waals surface area contributed by atoms with Crippen LogP contribution in [0.5, 0.6) is 0 Å². The van der Waals surface area contributed by atoms with Crippen LogP contribution in [0, 0.1) is 5.41 Å². The van der Waals surface area contributed by atoms with E-state index in [9.17, 15) is 5.11 Å². The molecule has 1 unspecified atom stereocenters. The highest BCUT2D eigenvalue weighted by Gasteiger charge is 2.35. The van der Waals surface area contributed by atoms with Crippen LogP contribution in [-0.4, -0.2) is 18.0 Å². The Kier molecular flexibility index (Phi) is 2.57. The molecule has 76 valence electrons. The van der Waals surface area contributed by atoms with Gasteiger partial charge in [-0.25, -0.2) is 0 Å². The molecule has 1 heterocycles. The third kappa shape index (κ3) is 2.14. The van der Waals surface area contributed by atoms with Gasteiger partial charge < -0.3 is 9.84 Å². The number of hydrogen-bond acceptors (Lipinski definition) is 2. The molecule has 1 aromatic rings. The van der Waals surface area contributed by atoms with Gasteiger partial charge in [-0.05, 0) is 17.4 Å². The van der Waals surface area contributed by atoms with Crippen molar-refractivity contribution in [2.75, 3.05) is 6.61 Å². The van der Waals surface area contributed by atoms with E-state index in [2.05, 4.69) is 19.1 Å². The number of aliphatic hydroxyl groups is 1. The van der Waals surface area contributed by atoms with Crippen molar-refractivity contribution in [2.24, 2.45) is 5.41 Å². The average Bonchev–Trinajstić information content (AvgIpc) is 2.47. The van der Waals surface area contributed by atoms with Crippen LogP contribution in [0.3, 0.4) is 0 Å². The Balaban J connectivity index is 2.04. The summed E-state index contributed by atoms with van der Waals surface area (Å²) in [7, 11) is 0. The molecule has 1 saturated heterocycles. The largest absolute Gasteiger partial charge is 0.368 e. The Morgan fingerprint density at radius 3 is 2.71 bits per heavy atom. The highest BCUT2D eigenvalue weighted by molar-refractivity contribution is 5.16. The van der Waals surface area contributed by atoms with E-state index in [1.165, 1.54) is 5.56 Å². The maximum atomic E-state index is 9.32. The molecule has 0 amide bonds. The van der Waals surface area contributed by atoms with Gasteiger partial charge in [0.15, 0.2) is 6.29 Å². The van der Waals surface area contributed by atoms with Crippen molar-refractivity contribution in [3.05, 3.63) is 35.9 Å². The molecule has 0 saturated carbocycles. The third-order valence-corrected chi connectivity index (χ3v) is 2.77. The summed E-state index contributed by atoms with van der Waals surface area (Å²) in [6.07, 6.45) is 1.15. The van der Waals surface area contributed by atoms with Crippen molar-refractivity contribution in [1.82, 2.24) is 0 Å². The van der Waals surface area contributed by atoms with Crippen LogP contribution < -0.4 is 0 Å². The van der Waals surface area contributed by atoms with Gasteiger partial charge in [-0.1, -0.05) is 37.3 Å². The first-order valence-electron chi connectivity index (χ1n) is 5.02. The van der Waals surface area contributed by atoms with E-state index in [-0.39, 0.29) is 5.41 Å². The molecule has 1 fully saturated rings. The molecule has 1 aromatic carbocycles. The summed E-state index contributed by atoms with van der Waals surface area (Å²) < 4.78 is 5.20. The predicted octanol–water partition coefficient (Wildman–Crippen LogP) is 1.97. The molecule has 14 heavy (non-hydrogen) atoms. The second-order valence-electron chi connectivity index (χ2n) is 4.44. The highest BCUT2D eigenvalue weighted by atomic mass is 16.6. The number of hydrogen-bond donors (Lipinski definition) is 1. The van der Waals surface area contributed by atoms with E-state index in [0.717, 1.165) is 12.8 Å². The molecule has 0 aromatic heterocycles. The maximum Gasteiger partial charge on any atom is 0.155 e. The molecule has 1 N–H and O–H groups in total. The van der Waals surface area contributed by atoms with E-state index < -0.39 is 6.29 Å².